The molecule has 0 radical (unpaired) electrons. The van der Waals surface area contributed by atoms with Gasteiger partial charge in [0.15, 0.2) is 0 Å². The zero-order valence-electron chi connectivity index (χ0n) is 7.90. The standard InChI is InChI=1S/C10H13FN2O/c11-13(10-4-2-1-3-5-10)12-6-8-14-9-7-12/h1-5H,6-9H2. The molecule has 1 heterocycles. The summed E-state index contributed by atoms with van der Waals surface area (Å²) in [4.78, 5) is 0. The molecule has 1 fully saturated rings. The molecule has 1 saturated heterocycles. The van der Waals surface area contributed by atoms with Crippen LogP contribution in [0, 0.1) is 0 Å². The first-order valence-corrected chi connectivity index (χ1v) is 4.71. The number of anilines is 1. The minimum absolute atomic E-state index is 0.564. The van der Waals surface area contributed by atoms with Gasteiger partial charge in [-0.2, -0.15) is 5.01 Å². The molecule has 0 bridgehead atoms. The van der Waals surface area contributed by atoms with Crippen LogP contribution in [0.1, 0.15) is 0 Å². The topological polar surface area (TPSA) is 15.7 Å². The Morgan fingerprint density at radius 1 is 1.14 bits per heavy atom. The second kappa shape index (κ2) is 4.39. The predicted octanol–water partition coefficient (Wildman–Crippen LogP) is 1.62. The van der Waals surface area contributed by atoms with Gasteiger partial charge in [0.05, 0.1) is 18.9 Å². The van der Waals surface area contributed by atoms with Crippen molar-refractivity contribution in [3.05, 3.63) is 30.3 Å². The van der Waals surface area contributed by atoms with Crippen molar-refractivity contribution in [2.24, 2.45) is 0 Å². The molecule has 0 amide bonds. The highest BCUT2D eigenvalue weighted by atomic mass is 19.2. The van der Waals surface area contributed by atoms with E-state index in [4.69, 9.17) is 4.74 Å². The SMILES string of the molecule is FN(c1ccccc1)N1CCOCC1. The molecule has 0 atom stereocenters. The normalized spacial score (nSPS) is 18.1. The largest absolute Gasteiger partial charge is 0.379 e. The smallest absolute Gasteiger partial charge is 0.0877 e. The van der Waals surface area contributed by atoms with Gasteiger partial charge in [0.1, 0.15) is 0 Å². The third-order valence-corrected chi connectivity index (χ3v) is 2.21. The Labute approximate surface area is 82.6 Å². The van der Waals surface area contributed by atoms with E-state index in [0.717, 1.165) is 0 Å². The molecule has 0 spiro atoms. The van der Waals surface area contributed by atoms with E-state index in [-0.39, 0.29) is 0 Å². The van der Waals surface area contributed by atoms with Crippen LogP contribution in [0.4, 0.5) is 10.2 Å². The summed E-state index contributed by atoms with van der Waals surface area (Å²) in [5.41, 5.74) is 0.564. The number of halogens is 1. The van der Waals surface area contributed by atoms with Crippen molar-refractivity contribution < 1.29 is 9.22 Å². The van der Waals surface area contributed by atoms with Crippen molar-refractivity contribution in [1.82, 2.24) is 5.01 Å². The van der Waals surface area contributed by atoms with E-state index in [1.807, 2.05) is 18.2 Å². The predicted molar refractivity (Wildman–Crippen MR) is 52.4 cm³/mol. The van der Waals surface area contributed by atoms with Crippen molar-refractivity contribution in [2.75, 3.05) is 31.5 Å². The summed E-state index contributed by atoms with van der Waals surface area (Å²) in [5.74, 6) is 0. The van der Waals surface area contributed by atoms with Gasteiger partial charge < -0.3 is 4.74 Å². The maximum Gasteiger partial charge on any atom is 0.0877 e. The zero-order valence-corrected chi connectivity index (χ0v) is 7.90. The maximum absolute atomic E-state index is 13.7. The van der Waals surface area contributed by atoms with Crippen LogP contribution in [0.3, 0.4) is 0 Å². The van der Waals surface area contributed by atoms with Gasteiger partial charge in [-0.05, 0) is 12.1 Å². The first-order valence-electron chi connectivity index (χ1n) is 4.71. The van der Waals surface area contributed by atoms with Gasteiger partial charge in [-0.15, -0.1) is 5.23 Å². The molecule has 14 heavy (non-hydrogen) atoms. The third kappa shape index (κ3) is 2.02. The molecule has 3 nitrogen and oxygen atoms in total. The summed E-state index contributed by atoms with van der Waals surface area (Å²) >= 11 is 0. The number of benzene rings is 1. The lowest BCUT2D eigenvalue weighted by atomic mass is 10.3. The highest BCUT2D eigenvalue weighted by Gasteiger charge is 2.18. The van der Waals surface area contributed by atoms with Gasteiger partial charge in [-0.3, -0.25) is 0 Å². The first kappa shape index (κ1) is 9.43. The molecule has 2 rings (SSSR count). The highest BCUT2D eigenvalue weighted by Crippen LogP contribution is 2.16. The fraction of sp³-hybridized carbons (Fsp3) is 0.400. The Hall–Kier alpha value is -1.13. The molecule has 1 aromatic rings. The second-order valence-electron chi connectivity index (χ2n) is 3.16. The Morgan fingerprint density at radius 3 is 2.43 bits per heavy atom. The van der Waals surface area contributed by atoms with Crippen LogP contribution >= 0.6 is 0 Å². The maximum atomic E-state index is 13.7. The number of ether oxygens (including phenoxy) is 1. The van der Waals surface area contributed by atoms with E-state index in [9.17, 15) is 4.48 Å². The summed E-state index contributed by atoms with van der Waals surface area (Å²) in [6, 6.07) is 9.01. The van der Waals surface area contributed by atoms with Gasteiger partial charge in [0.25, 0.3) is 0 Å². The Kier molecular flexibility index (Phi) is 2.96. The van der Waals surface area contributed by atoms with Crippen LogP contribution in [-0.2, 0) is 4.74 Å². The van der Waals surface area contributed by atoms with Gasteiger partial charge in [0, 0.05) is 13.1 Å². The van der Waals surface area contributed by atoms with Gasteiger partial charge in [-0.25, -0.2) is 0 Å². The minimum Gasteiger partial charge on any atom is -0.379 e. The summed E-state index contributed by atoms with van der Waals surface area (Å²) in [7, 11) is 0. The number of morpholine rings is 1. The van der Waals surface area contributed by atoms with Crippen molar-refractivity contribution in [2.45, 2.75) is 0 Å². The number of rotatable bonds is 2. The van der Waals surface area contributed by atoms with E-state index in [0.29, 0.717) is 37.2 Å². The molecule has 0 aliphatic carbocycles. The number of para-hydroxylation sites is 1. The molecule has 0 saturated carbocycles. The van der Waals surface area contributed by atoms with Gasteiger partial charge in [0.2, 0.25) is 0 Å². The lowest BCUT2D eigenvalue weighted by molar-refractivity contribution is 0.00513. The zero-order chi connectivity index (χ0) is 9.80. The Balaban J connectivity index is 2.03. The molecule has 76 valence electrons. The quantitative estimate of drug-likeness (QED) is 0.668. The Bertz CT molecular complexity index is 275. The molecule has 0 unspecified atom stereocenters. The second-order valence-corrected chi connectivity index (χ2v) is 3.16. The molecular formula is C10H13FN2O. The van der Waals surface area contributed by atoms with Gasteiger partial charge in [-0.1, -0.05) is 22.7 Å². The molecule has 1 aliphatic heterocycles. The number of hydrogen-bond acceptors (Lipinski definition) is 3. The van der Waals surface area contributed by atoms with Gasteiger partial charge >= 0.3 is 0 Å². The summed E-state index contributed by atoms with van der Waals surface area (Å²) in [6.07, 6.45) is 0. The van der Waals surface area contributed by atoms with Crippen molar-refractivity contribution in [3.8, 4) is 0 Å². The van der Waals surface area contributed by atoms with Crippen molar-refractivity contribution >= 4 is 5.69 Å². The number of hydrogen-bond donors (Lipinski definition) is 0. The van der Waals surface area contributed by atoms with Crippen molar-refractivity contribution in [3.63, 3.8) is 0 Å². The van der Waals surface area contributed by atoms with Crippen LogP contribution in [0.15, 0.2) is 30.3 Å². The minimum atomic E-state index is 0.564. The Morgan fingerprint density at radius 2 is 1.79 bits per heavy atom. The molecule has 1 aliphatic rings. The summed E-state index contributed by atoms with van der Waals surface area (Å²) in [5, 5.41) is 2.33. The fourth-order valence-corrected chi connectivity index (χ4v) is 1.44. The van der Waals surface area contributed by atoms with Crippen LogP contribution in [0.2, 0.25) is 0 Å². The summed E-state index contributed by atoms with van der Waals surface area (Å²) < 4.78 is 18.9. The van der Waals surface area contributed by atoms with E-state index < -0.39 is 0 Å². The third-order valence-electron chi connectivity index (χ3n) is 2.21. The number of nitrogens with zero attached hydrogens (tertiary/aromatic N) is 2. The highest BCUT2D eigenvalue weighted by molar-refractivity contribution is 5.41. The average molecular weight is 196 g/mol. The lowest BCUT2D eigenvalue weighted by Crippen LogP contribution is -2.44. The van der Waals surface area contributed by atoms with E-state index >= 15 is 0 Å². The molecular weight excluding hydrogens is 183 g/mol. The van der Waals surface area contributed by atoms with Crippen molar-refractivity contribution in [1.29, 1.82) is 0 Å². The molecule has 0 N–H and O–H groups in total. The summed E-state index contributed by atoms with van der Waals surface area (Å²) in [6.45, 7) is 2.39. The van der Waals surface area contributed by atoms with E-state index in [1.54, 1.807) is 17.1 Å². The fourth-order valence-electron chi connectivity index (χ4n) is 1.44. The first-order chi connectivity index (χ1) is 6.88. The molecule has 1 aromatic carbocycles. The molecule has 4 heteroatoms. The molecule has 0 aromatic heterocycles. The van der Waals surface area contributed by atoms with Crippen LogP contribution in [0.5, 0.6) is 0 Å². The number of hydrazine groups is 1. The van der Waals surface area contributed by atoms with Crippen LogP contribution in [-0.4, -0.2) is 31.3 Å². The monoisotopic (exact) mass is 196 g/mol. The van der Waals surface area contributed by atoms with Crippen LogP contribution < -0.4 is 5.23 Å². The lowest BCUT2D eigenvalue weighted by Gasteiger charge is -2.31. The average Bonchev–Trinajstić information content (AvgIpc) is 2.30. The van der Waals surface area contributed by atoms with E-state index in [1.165, 1.54) is 0 Å². The van der Waals surface area contributed by atoms with Crippen LogP contribution in [0.25, 0.3) is 0 Å². The van der Waals surface area contributed by atoms with E-state index in [2.05, 4.69) is 0 Å².